The van der Waals surface area contributed by atoms with Crippen molar-refractivity contribution in [2.75, 3.05) is 0 Å². The molecule has 1 amide bonds. The topological polar surface area (TPSA) is 41.1 Å². The molecule has 1 aromatic rings. The second kappa shape index (κ2) is 6.04. The maximum atomic E-state index is 12.7. The molecule has 0 spiro atoms. The van der Waals surface area contributed by atoms with Crippen molar-refractivity contribution in [3.8, 4) is 0 Å². The van der Waals surface area contributed by atoms with E-state index in [1.807, 2.05) is 0 Å². The normalized spacial score (nSPS) is 33.8. The van der Waals surface area contributed by atoms with Gasteiger partial charge in [-0.3, -0.25) is 4.79 Å². The smallest absolute Gasteiger partial charge is 0.237 e. The van der Waals surface area contributed by atoms with Crippen molar-refractivity contribution < 1.29 is 4.79 Å². The summed E-state index contributed by atoms with van der Waals surface area (Å²) in [5.41, 5.74) is 2.74. The number of aryl methyl sites for hydroxylation is 1. The van der Waals surface area contributed by atoms with Gasteiger partial charge in [0.25, 0.3) is 0 Å². The van der Waals surface area contributed by atoms with Crippen LogP contribution in [0.15, 0.2) is 24.3 Å². The van der Waals surface area contributed by atoms with Crippen LogP contribution in [-0.2, 0) is 11.2 Å². The van der Waals surface area contributed by atoms with Gasteiger partial charge in [-0.1, -0.05) is 37.1 Å². The first-order valence-electron chi connectivity index (χ1n) is 8.95. The first-order valence-corrected chi connectivity index (χ1v) is 8.95. The van der Waals surface area contributed by atoms with Crippen LogP contribution in [0.4, 0.5) is 0 Å². The molecule has 2 fully saturated rings. The third kappa shape index (κ3) is 2.67. The van der Waals surface area contributed by atoms with Crippen LogP contribution in [0, 0.1) is 5.92 Å². The van der Waals surface area contributed by atoms with E-state index in [4.69, 9.17) is 0 Å². The Labute approximate surface area is 132 Å². The Morgan fingerprint density at radius 3 is 2.86 bits per heavy atom. The molecule has 3 heteroatoms. The molecule has 0 bridgehead atoms. The highest BCUT2D eigenvalue weighted by Gasteiger charge is 2.38. The van der Waals surface area contributed by atoms with E-state index in [1.54, 1.807) is 0 Å². The van der Waals surface area contributed by atoms with Gasteiger partial charge in [-0.15, -0.1) is 0 Å². The predicted octanol–water partition coefficient (Wildman–Crippen LogP) is 3.10. The highest BCUT2D eigenvalue weighted by Crippen LogP contribution is 2.34. The molecule has 3 nitrogen and oxygen atoms in total. The number of fused-ring (bicyclic) bond motifs is 2. The van der Waals surface area contributed by atoms with Crippen molar-refractivity contribution in [3.05, 3.63) is 35.4 Å². The van der Waals surface area contributed by atoms with Crippen molar-refractivity contribution in [1.29, 1.82) is 0 Å². The average Bonchev–Trinajstić information content (AvgIpc) is 2.99. The van der Waals surface area contributed by atoms with Gasteiger partial charge in [-0.05, 0) is 55.6 Å². The van der Waals surface area contributed by atoms with E-state index in [9.17, 15) is 4.79 Å². The summed E-state index contributed by atoms with van der Waals surface area (Å²) in [4.78, 5) is 12.7. The molecule has 118 valence electrons. The van der Waals surface area contributed by atoms with Gasteiger partial charge in [0.05, 0.1) is 12.1 Å². The highest BCUT2D eigenvalue weighted by atomic mass is 16.2. The van der Waals surface area contributed by atoms with Gasteiger partial charge in [-0.25, -0.2) is 0 Å². The molecule has 2 aliphatic carbocycles. The summed E-state index contributed by atoms with van der Waals surface area (Å²) in [6, 6.07) is 9.40. The van der Waals surface area contributed by atoms with Crippen LogP contribution in [0.2, 0.25) is 0 Å². The van der Waals surface area contributed by atoms with Crippen LogP contribution in [0.5, 0.6) is 0 Å². The highest BCUT2D eigenvalue weighted by molar-refractivity contribution is 5.82. The number of amides is 1. The lowest BCUT2D eigenvalue weighted by Crippen LogP contribution is -2.44. The van der Waals surface area contributed by atoms with Crippen molar-refractivity contribution in [1.82, 2.24) is 10.6 Å². The van der Waals surface area contributed by atoms with E-state index < -0.39 is 0 Å². The van der Waals surface area contributed by atoms with Gasteiger partial charge in [0.1, 0.15) is 0 Å². The van der Waals surface area contributed by atoms with Crippen molar-refractivity contribution in [3.63, 3.8) is 0 Å². The van der Waals surface area contributed by atoms with E-state index in [0.29, 0.717) is 6.04 Å². The lowest BCUT2D eigenvalue weighted by atomic mass is 9.85. The Bertz CT molecular complexity index is 542. The SMILES string of the molecule is O=C(N[C@@H]1CCCc2ccccc21)[C@@H]1CC2CCCCC2N1. The van der Waals surface area contributed by atoms with Crippen molar-refractivity contribution >= 4 is 5.91 Å². The molecule has 1 heterocycles. The monoisotopic (exact) mass is 298 g/mol. The Morgan fingerprint density at radius 2 is 1.95 bits per heavy atom. The zero-order valence-corrected chi connectivity index (χ0v) is 13.2. The minimum atomic E-state index is 0.0298. The zero-order chi connectivity index (χ0) is 14.9. The number of hydrogen-bond donors (Lipinski definition) is 2. The largest absolute Gasteiger partial charge is 0.348 e. The summed E-state index contributed by atoms with van der Waals surface area (Å²) in [7, 11) is 0. The standard InChI is InChI=1S/C19H26N2O/c22-19(18-12-14-7-2-4-10-16(14)20-18)21-17-11-5-8-13-6-1-3-9-15(13)17/h1,3,6,9,14,16-18,20H,2,4-5,7-8,10-12H2,(H,21,22)/t14?,16?,17-,18+/m1/s1. The predicted molar refractivity (Wildman–Crippen MR) is 87.6 cm³/mol. The van der Waals surface area contributed by atoms with Crippen LogP contribution in [0.3, 0.4) is 0 Å². The minimum Gasteiger partial charge on any atom is -0.348 e. The summed E-state index contributed by atoms with van der Waals surface area (Å²) in [5, 5.41) is 6.92. The molecule has 22 heavy (non-hydrogen) atoms. The molecule has 0 aromatic heterocycles. The van der Waals surface area contributed by atoms with E-state index in [1.165, 1.54) is 43.2 Å². The van der Waals surface area contributed by atoms with Gasteiger partial charge in [0, 0.05) is 6.04 Å². The van der Waals surface area contributed by atoms with E-state index in [0.717, 1.165) is 25.2 Å². The van der Waals surface area contributed by atoms with Gasteiger partial charge >= 0.3 is 0 Å². The third-order valence-corrected chi connectivity index (χ3v) is 5.87. The molecule has 1 aliphatic heterocycles. The summed E-state index contributed by atoms with van der Waals surface area (Å²) in [6.07, 6.45) is 9.63. The van der Waals surface area contributed by atoms with Crippen LogP contribution < -0.4 is 10.6 Å². The van der Waals surface area contributed by atoms with Crippen LogP contribution in [0.25, 0.3) is 0 Å². The first-order chi connectivity index (χ1) is 10.8. The number of nitrogens with one attached hydrogen (secondary N) is 2. The molecule has 1 saturated heterocycles. The average molecular weight is 298 g/mol. The number of rotatable bonds is 2. The number of hydrogen-bond acceptors (Lipinski definition) is 2. The summed E-state index contributed by atoms with van der Waals surface area (Å²) in [6.45, 7) is 0. The molecular formula is C19H26N2O. The Balaban J connectivity index is 1.43. The lowest BCUT2D eigenvalue weighted by molar-refractivity contribution is -0.123. The second-order valence-electron chi connectivity index (χ2n) is 7.26. The van der Waals surface area contributed by atoms with Crippen LogP contribution in [-0.4, -0.2) is 18.0 Å². The van der Waals surface area contributed by atoms with E-state index >= 15 is 0 Å². The molecule has 2 unspecified atom stereocenters. The second-order valence-corrected chi connectivity index (χ2v) is 7.26. The first kappa shape index (κ1) is 14.3. The molecule has 1 aromatic carbocycles. The fourth-order valence-electron chi connectivity index (χ4n) is 4.70. The number of carbonyl (C=O) groups excluding carboxylic acids is 1. The number of carbonyl (C=O) groups is 1. The Kier molecular flexibility index (Phi) is 3.91. The Hall–Kier alpha value is -1.35. The minimum absolute atomic E-state index is 0.0298. The molecule has 2 N–H and O–H groups in total. The van der Waals surface area contributed by atoms with Gasteiger partial charge < -0.3 is 10.6 Å². The summed E-state index contributed by atoms with van der Waals surface area (Å²) < 4.78 is 0. The van der Waals surface area contributed by atoms with Crippen molar-refractivity contribution in [2.45, 2.75) is 69.5 Å². The molecule has 3 aliphatic rings. The summed E-state index contributed by atoms with van der Waals surface area (Å²) >= 11 is 0. The fraction of sp³-hybridized carbons (Fsp3) is 0.632. The molecule has 1 saturated carbocycles. The third-order valence-electron chi connectivity index (χ3n) is 5.87. The molecule has 0 radical (unpaired) electrons. The van der Waals surface area contributed by atoms with Gasteiger partial charge in [0.2, 0.25) is 5.91 Å². The Morgan fingerprint density at radius 1 is 1.09 bits per heavy atom. The van der Waals surface area contributed by atoms with Gasteiger partial charge in [0.15, 0.2) is 0 Å². The maximum Gasteiger partial charge on any atom is 0.237 e. The van der Waals surface area contributed by atoms with Crippen LogP contribution >= 0.6 is 0 Å². The fourth-order valence-corrected chi connectivity index (χ4v) is 4.70. The number of benzene rings is 1. The maximum absolute atomic E-state index is 12.7. The van der Waals surface area contributed by atoms with Gasteiger partial charge in [-0.2, -0.15) is 0 Å². The quantitative estimate of drug-likeness (QED) is 0.881. The van der Waals surface area contributed by atoms with Crippen molar-refractivity contribution in [2.24, 2.45) is 5.92 Å². The summed E-state index contributed by atoms with van der Waals surface area (Å²) in [5.74, 6) is 0.944. The molecular weight excluding hydrogens is 272 g/mol. The molecule has 4 rings (SSSR count). The van der Waals surface area contributed by atoms with Crippen LogP contribution in [0.1, 0.15) is 62.1 Å². The zero-order valence-electron chi connectivity index (χ0n) is 13.2. The lowest BCUT2D eigenvalue weighted by Gasteiger charge is -2.27. The van der Waals surface area contributed by atoms with E-state index in [-0.39, 0.29) is 18.0 Å². The molecule has 4 atom stereocenters. The van der Waals surface area contributed by atoms with E-state index in [2.05, 4.69) is 34.9 Å².